The third kappa shape index (κ3) is 7.54. The molecule has 0 aliphatic rings. The summed E-state index contributed by atoms with van der Waals surface area (Å²) in [6.45, 7) is 3.52. The molecular weight excluding hydrogens is 458 g/mol. The molecule has 2 aromatic rings. The first kappa shape index (κ1) is 22.9. The van der Waals surface area contributed by atoms with Crippen molar-refractivity contribution in [3.8, 4) is 0 Å². The van der Waals surface area contributed by atoms with Gasteiger partial charge in [-0.1, -0.05) is 37.3 Å². The van der Waals surface area contributed by atoms with Crippen molar-refractivity contribution in [2.24, 2.45) is 4.99 Å². The van der Waals surface area contributed by atoms with Gasteiger partial charge < -0.3 is 16.0 Å². The second-order valence-corrected chi connectivity index (χ2v) is 5.83. The van der Waals surface area contributed by atoms with Crippen molar-refractivity contribution < 1.29 is 9.18 Å². The van der Waals surface area contributed by atoms with Crippen LogP contribution in [0.2, 0.25) is 0 Å². The minimum atomic E-state index is -0.249. The van der Waals surface area contributed by atoms with Crippen molar-refractivity contribution in [2.75, 3.05) is 13.6 Å². The van der Waals surface area contributed by atoms with Crippen LogP contribution >= 0.6 is 24.0 Å². The zero-order valence-corrected chi connectivity index (χ0v) is 17.9. The Kier molecular flexibility index (Phi) is 10.4. The summed E-state index contributed by atoms with van der Waals surface area (Å²) in [5.41, 5.74) is 2.17. The molecule has 2 rings (SSSR count). The molecule has 2 aromatic carbocycles. The van der Waals surface area contributed by atoms with Gasteiger partial charge in [0, 0.05) is 37.8 Å². The molecule has 0 bridgehead atoms. The van der Waals surface area contributed by atoms with Gasteiger partial charge in [-0.25, -0.2) is 4.39 Å². The Hall–Kier alpha value is -2.16. The van der Waals surface area contributed by atoms with Crippen LogP contribution in [-0.4, -0.2) is 25.5 Å². The number of amides is 1. The molecular formula is C20H26FIN4O. The summed E-state index contributed by atoms with van der Waals surface area (Å²) in [5.74, 6) is 0.242. The Morgan fingerprint density at radius 2 is 1.78 bits per heavy atom. The van der Waals surface area contributed by atoms with E-state index in [0.29, 0.717) is 36.7 Å². The summed E-state index contributed by atoms with van der Waals surface area (Å²) in [7, 11) is 1.66. The summed E-state index contributed by atoms with van der Waals surface area (Å²) in [6, 6.07) is 14.1. The SMILES string of the molecule is CCCNC(=O)c1cccc(CNC(=NC)NCc2ccccc2F)c1.I. The molecule has 1 amide bonds. The lowest BCUT2D eigenvalue weighted by molar-refractivity contribution is 0.0953. The largest absolute Gasteiger partial charge is 0.352 e. The van der Waals surface area contributed by atoms with Crippen LogP contribution in [0.1, 0.15) is 34.8 Å². The lowest BCUT2D eigenvalue weighted by Crippen LogP contribution is -2.36. The minimum absolute atomic E-state index is 0. The quantitative estimate of drug-likeness (QED) is 0.321. The molecule has 5 nitrogen and oxygen atoms in total. The topological polar surface area (TPSA) is 65.5 Å². The van der Waals surface area contributed by atoms with E-state index in [-0.39, 0.29) is 35.7 Å². The molecule has 0 atom stereocenters. The van der Waals surface area contributed by atoms with Crippen LogP contribution < -0.4 is 16.0 Å². The molecule has 0 saturated carbocycles. The first-order chi connectivity index (χ1) is 12.6. The fourth-order valence-corrected chi connectivity index (χ4v) is 2.39. The van der Waals surface area contributed by atoms with Crippen molar-refractivity contribution in [3.05, 3.63) is 71.0 Å². The predicted molar refractivity (Wildman–Crippen MR) is 118 cm³/mol. The van der Waals surface area contributed by atoms with Crippen molar-refractivity contribution in [2.45, 2.75) is 26.4 Å². The Bertz CT molecular complexity index is 767. The molecule has 7 heteroatoms. The molecule has 0 fully saturated rings. The maximum Gasteiger partial charge on any atom is 0.251 e. The number of hydrogen-bond acceptors (Lipinski definition) is 2. The molecule has 0 aliphatic carbocycles. The van der Waals surface area contributed by atoms with Gasteiger partial charge in [0.25, 0.3) is 5.91 Å². The molecule has 0 unspecified atom stereocenters. The molecule has 0 saturated heterocycles. The van der Waals surface area contributed by atoms with Crippen LogP contribution in [-0.2, 0) is 13.1 Å². The Morgan fingerprint density at radius 1 is 1.04 bits per heavy atom. The number of rotatable bonds is 7. The minimum Gasteiger partial charge on any atom is -0.352 e. The van der Waals surface area contributed by atoms with Gasteiger partial charge in [0.2, 0.25) is 0 Å². The molecule has 3 N–H and O–H groups in total. The van der Waals surface area contributed by atoms with Crippen LogP contribution in [0.5, 0.6) is 0 Å². The molecule has 0 radical (unpaired) electrons. The third-order valence-corrected chi connectivity index (χ3v) is 3.81. The Labute approximate surface area is 176 Å². The molecule has 0 spiro atoms. The maximum absolute atomic E-state index is 13.7. The zero-order valence-electron chi connectivity index (χ0n) is 15.6. The smallest absolute Gasteiger partial charge is 0.251 e. The fourth-order valence-electron chi connectivity index (χ4n) is 2.39. The van der Waals surface area contributed by atoms with E-state index < -0.39 is 0 Å². The van der Waals surface area contributed by atoms with Crippen LogP contribution in [0.15, 0.2) is 53.5 Å². The summed E-state index contributed by atoms with van der Waals surface area (Å²) < 4.78 is 13.7. The average Bonchev–Trinajstić information content (AvgIpc) is 2.67. The number of carbonyl (C=O) groups excluding carboxylic acids is 1. The maximum atomic E-state index is 13.7. The normalized spacial score (nSPS) is 10.7. The van der Waals surface area contributed by atoms with E-state index >= 15 is 0 Å². The molecule has 27 heavy (non-hydrogen) atoms. The van der Waals surface area contributed by atoms with E-state index in [9.17, 15) is 9.18 Å². The lowest BCUT2D eigenvalue weighted by atomic mass is 10.1. The number of guanidine groups is 1. The van der Waals surface area contributed by atoms with E-state index in [2.05, 4.69) is 20.9 Å². The monoisotopic (exact) mass is 484 g/mol. The van der Waals surface area contributed by atoms with Gasteiger partial charge in [0.1, 0.15) is 5.82 Å². The second-order valence-electron chi connectivity index (χ2n) is 5.83. The number of carbonyl (C=O) groups is 1. The van der Waals surface area contributed by atoms with Gasteiger partial charge in [0.15, 0.2) is 5.96 Å². The number of hydrogen-bond donors (Lipinski definition) is 3. The first-order valence-corrected chi connectivity index (χ1v) is 8.69. The summed E-state index contributed by atoms with van der Waals surface area (Å²) >= 11 is 0. The number of benzene rings is 2. The van der Waals surface area contributed by atoms with E-state index in [1.165, 1.54) is 6.07 Å². The summed E-state index contributed by atoms with van der Waals surface area (Å²) in [6.07, 6.45) is 0.900. The van der Waals surface area contributed by atoms with Gasteiger partial charge in [-0.15, -0.1) is 24.0 Å². The highest BCUT2D eigenvalue weighted by Gasteiger charge is 2.06. The predicted octanol–water partition coefficient (Wildman–Crippen LogP) is 3.45. The van der Waals surface area contributed by atoms with E-state index in [1.807, 2.05) is 25.1 Å². The van der Waals surface area contributed by atoms with Crippen LogP contribution in [0.4, 0.5) is 4.39 Å². The number of nitrogens with one attached hydrogen (secondary N) is 3. The summed E-state index contributed by atoms with van der Waals surface area (Å²) in [5, 5.41) is 9.12. The van der Waals surface area contributed by atoms with E-state index in [4.69, 9.17) is 0 Å². The fraction of sp³-hybridized carbons (Fsp3) is 0.300. The van der Waals surface area contributed by atoms with Gasteiger partial charge in [-0.2, -0.15) is 0 Å². The van der Waals surface area contributed by atoms with Crippen LogP contribution in [0, 0.1) is 5.82 Å². The molecule has 0 heterocycles. The highest BCUT2D eigenvalue weighted by atomic mass is 127. The number of nitrogens with zero attached hydrogens (tertiary/aromatic N) is 1. The molecule has 146 valence electrons. The van der Waals surface area contributed by atoms with Gasteiger partial charge in [-0.05, 0) is 30.2 Å². The Balaban J connectivity index is 0.00000364. The lowest BCUT2D eigenvalue weighted by Gasteiger charge is -2.13. The average molecular weight is 484 g/mol. The van der Waals surface area contributed by atoms with Crippen molar-refractivity contribution in [1.29, 1.82) is 0 Å². The van der Waals surface area contributed by atoms with Crippen LogP contribution in [0.3, 0.4) is 0 Å². The Morgan fingerprint density at radius 3 is 2.48 bits per heavy atom. The molecule has 0 aliphatic heterocycles. The zero-order chi connectivity index (χ0) is 18.8. The van der Waals surface area contributed by atoms with Gasteiger partial charge >= 0.3 is 0 Å². The standard InChI is InChI=1S/C20H25FN4O.HI/c1-3-11-23-19(26)16-9-6-7-15(12-16)13-24-20(22-2)25-14-17-8-4-5-10-18(17)21;/h4-10,12H,3,11,13-14H2,1-2H3,(H,23,26)(H2,22,24,25);1H. The van der Waals surface area contributed by atoms with E-state index in [0.717, 1.165) is 12.0 Å². The highest BCUT2D eigenvalue weighted by Crippen LogP contribution is 2.07. The number of aliphatic imine (C=N–C) groups is 1. The van der Waals surface area contributed by atoms with Crippen LogP contribution in [0.25, 0.3) is 0 Å². The second kappa shape index (κ2) is 12.3. The third-order valence-electron chi connectivity index (χ3n) is 3.81. The van der Waals surface area contributed by atoms with Gasteiger partial charge in [-0.3, -0.25) is 9.79 Å². The first-order valence-electron chi connectivity index (χ1n) is 8.69. The summed E-state index contributed by atoms with van der Waals surface area (Å²) in [4.78, 5) is 16.2. The van der Waals surface area contributed by atoms with Gasteiger partial charge in [0.05, 0.1) is 0 Å². The van der Waals surface area contributed by atoms with Crippen molar-refractivity contribution in [3.63, 3.8) is 0 Å². The number of halogens is 2. The van der Waals surface area contributed by atoms with E-state index in [1.54, 1.807) is 31.3 Å². The van der Waals surface area contributed by atoms with Crippen molar-refractivity contribution in [1.82, 2.24) is 16.0 Å². The molecule has 0 aromatic heterocycles. The highest BCUT2D eigenvalue weighted by molar-refractivity contribution is 14.0. The van der Waals surface area contributed by atoms with Crippen molar-refractivity contribution >= 4 is 35.8 Å².